The van der Waals surface area contributed by atoms with E-state index in [-0.39, 0.29) is 16.6 Å². The van der Waals surface area contributed by atoms with Gasteiger partial charge in [-0.1, -0.05) is 57.0 Å². The number of carbonyl (C=O) groups is 1. The standard InChI is InChI=1S/C26H34N2O4S/c1-4-6-17-28(18-7-5-2)33(30,31)22-13-14-24-23(19-22)20(3)25(32-24)26(29)27-16-15-21-11-9-8-10-12-21/h8-14,19H,4-7,15-18H2,1-3H3,(H,27,29). The van der Waals surface area contributed by atoms with Gasteiger partial charge in [-0.2, -0.15) is 4.31 Å². The molecule has 0 fully saturated rings. The molecule has 2 aromatic carbocycles. The Kier molecular flexibility index (Phi) is 8.69. The Hall–Kier alpha value is -2.64. The van der Waals surface area contributed by atoms with Crippen molar-refractivity contribution in [2.24, 2.45) is 0 Å². The Morgan fingerprint density at radius 1 is 1.00 bits per heavy atom. The Labute approximate surface area is 197 Å². The van der Waals surface area contributed by atoms with E-state index in [1.807, 2.05) is 30.3 Å². The molecule has 33 heavy (non-hydrogen) atoms. The monoisotopic (exact) mass is 470 g/mol. The van der Waals surface area contributed by atoms with Gasteiger partial charge in [-0.15, -0.1) is 0 Å². The lowest BCUT2D eigenvalue weighted by atomic mass is 10.1. The highest BCUT2D eigenvalue weighted by molar-refractivity contribution is 7.89. The van der Waals surface area contributed by atoms with E-state index in [4.69, 9.17) is 4.42 Å². The molecule has 0 saturated carbocycles. The number of amides is 1. The highest BCUT2D eigenvalue weighted by atomic mass is 32.2. The molecule has 0 aliphatic carbocycles. The van der Waals surface area contributed by atoms with Crippen molar-refractivity contribution >= 4 is 26.9 Å². The maximum atomic E-state index is 13.3. The summed E-state index contributed by atoms with van der Waals surface area (Å²) < 4.78 is 34.0. The van der Waals surface area contributed by atoms with Gasteiger partial charge in [0.1, 0.15) is 5.58 Å². The SMILES string of the molecule is CCCCN(CCCC)S(=O)(=O)c1ccc2oc(C(=O)NCCc3ccccc3)c(C)c2c1. The summed E-state index contributed by atoms with van der Waals surface area (Å²) in [5.74, 6) is -0.0713. The van der Waals surface area contributed by atoms with Gasteiger partial charge in [0.15, 0.2) is 5.76 Å². The largest absolute Gasteiger partial charge is 0.451 e. The molecular formula is C26H34N2O4S. The van der Waals surface area contributed by atoms with E-state index in [1.54, 1.807) is 29.4 Å². The van der Waals surface area contributed by atoms with Crippen LogP contribution in [0.5, 0.6) is 0 Å². The van der Waals surface area contributed by atoms with Gasteiger partial charge in [-0.05, 0) is 49.9 Å². The van der Waals surface area contributed by atoms with Gasteiger partial charge in [-0.3, -0.25) is 4.79 Å². The number of unbranched alkanes of at least 4 members (excludes halogenated alkanes) is 2. The third-order valence-corrected chi connectivity index (χ3v) is 7.71. The van der Waals surface area contributed by atoms with Crippen LogP contribution in [0.1, 0.15) is 61.2 Å². The maximum Gasteiger partial charge on any atom is 0.287 e. The molecule has 0 saturated heterocycles. The van der Waals surface area contributed by atoms with Crippen molar-refractivity contribution in [3.8, 4) is 0 Å². The second-order valence-electron chi connectivity index (χ2n) is 8.32. The minimum absolute atomic E-state index is 0.224. The molecule has 0 aliphatic rings. The first-order valence-electron chi connectivity index (χ1n) is 11.7. The van der Waals surface area contributed by atoms with Crippen molar-refractivity contribution in [2.45, 2.75) is 57.8 Å². The average molecular weight is 471 g/mol. The number of furan rings is 1. The van der Waals surface area contributed by atoms with Crippen LogP contribution in [-0.4, -0.2) is 38.3 Å². The number of benzene rings is 2. The van der Waals surface area contributed by atoms with Crippen LogP contribution in [-0.2, 0) is 16.4 Å². The molecule has 0 bridgehead atoms. The van der Waals surface area contributed by atoms with Crippen molar-refractivity contribution in [2.75, 3.05) is 19.6 Å². The molecule has 3 rings (SSSR count). The third-order valence-electron chi connectivity index (χ3n) is 5.82. The minimum Gasteiger partial charge on any atom is -0.451 e. The first-order valence-corrected chi connectivity index (χ1v) is 13.2. The minimum atomic E-state index is -3.62. The van der Waals surface area contributed by atoms with Gasteiger partial charge in [0.25, 0.3) is 5.91 Å². The van der Waals surface area contributed by atoms with E-state index in [2.05, 4.69) is 19.2 Å². The number of nitrogens with one attached hydrogen (secondary N) is 1. The van der Waals surface area contributed by atoms with Crippen LogP contribution in [0.15, 0.2) is 57.8 Å². The van der Waals surface area contributed by atoms with Gasteiger partial charge in [0.05, 0.1) is 4.90 Å². The number of fused-ring (bicyclic) bond motifs is 1. The van der Waals surface area contributed by atoms with Crippen LogP contribution in [0.3, 0.4) is 0 Å². The molecule has 0 aliphatic heterocycles. The van der Waals surface area contributed by atoms with Crippen LogP contribution in [0, 0.1) is 6.92 Å². The molecule has 0 unspecified atom stereocenters. The van der Waals surface area contributed by atoms with Gasteiger partial charge in [0, 0.05) is 30.6 Å². The summed E-state index contributed by atoms with van der Waals surface area (Å²) in [7, 11) is -3.62. The van der Waals surface area contributed by atoms with E-state index in [0.717, 1.165) is 37.7 Å². The van der Waals surface area contributed by atoms with Gasteiger partial charge < -0.3 is 9.73 Å². The third kappa shape index (κ3) is 6.03. The summed E-state index contributed by atoms with van der Waals surface area (Å²) >= 11 is 0. The van der Waals surface area contributed by atoms with E-state index >= 15 is 0 Å². The number of aryl methyl sites for hydroxylation is 1. The van der Waals surface area contributed by atoms with Crippen molar-refractivity contribution < 1.29 is 17.6 Å². The number of nitrogens with zero attached hydrogens (tertiary/aromatic N) is 1. The number of sulfonamides is 1. The highest BCUT2D eigenvalue weighted by Crippen LogP contribution is 2.29. The Balaban J connectivity index is 1.80. The zero-order valence-corrected chi connectivity index (χ0v) is 20.6. The quantitative estimate of drug-likeness (QED) is 0.389. The number of carbonyl (C=O) groups excluding carboxylic acids is 1. The molecule has 0 spiro atoms. The normalized spacial score (nSPS) is 11.9. The summed E-state index contributed by atoms with van der Waals surface area (Å²) in [6.07, 6.45) is 4.23. The van der Waals surface area contributed by atoms with Crippen LogP contribution in [0.4, 0.5) is 0 Å². The molecule has 178 valence electrons. The zero-order valence-electron chi connectivity index (χ0n) is 19.8. The molecule has 1 amide bonds. The second-order valence-corrected chi connectivity index (χ2v) is 10.3. The summed E-state index contributed by atoms with van der Waals surface area (Å²) in [6, 6.07) is 14.8. The van der Waals surface area contributed by atoms with Gasteiger partial charge in [-0.25, -0.2) is 8.42 Å². The molecule has 0 radical (unpaired) electrons. The van der Waals surface area contributed by atoms with E-state index in [9.17, 15) is 13.2 Å². The predicted octanol–water partition coefficient (Wildman–Crippen LogP) is 5.30. The summed E-state index contributed by atoms with van der Waals surface area (Å²) in [6.45, 7) is 7.41. The second kappa shape index (κ2) is 11.5. The maximum absolute atomic E-state index is 13.3. The van der Waals surface area contributed by atoms with Crippen LogP contribution >= 0.6 is 0 Å². The Bertz CT molecular complexity index is 1160. The lowest BCUT2D eigenvalue weighted by molar-refractivity contribution is 0.0927. The lowest BCUT2D eigenvalue weighted by Gasteiger charge is -2.22. The molecule has 0 atom stereocenters. The number of rotatable bonds is 12. The fourth-order valence-electron chi connectivity index (χ4n) is 3.79. The van der Waals surface area contributed by atoms with Crippen molar-refractivity contribution in [1.82, 2.24) is 9.62 Å². The number of hydrogen-bond acceptors (Lipinski definition) is 4. The zero-order chi connectivity index (χ0) is 23.8. The molecule has 1 aromatic heterocycles. The van der Waals surface area contributed by atoms with Gasteiger partial charge >= 0.3 is 0 Å². The average Bonchev–Trinajstić information content (AvgIpc) is 3.15. The first kappa shape index (κ1) is 25.0. The van der Waals surface area contributed by atoms with Crippen molar-refractivity contribution in [3.63, 3.8) is 0 Å². The Morgan fingerprint density at radius 2 is 1.67 bits per heavy atom. The van der Waals surface area contributed by atoms with E-state index < -0.39 is 10.0 Å². The molecule has 7 heteroatoms. The van der Waals surface area contributed by atoms with E-state index in [0.29, 0.717) is 36.2 Å². The van der Waals surface area contributed by atoms with Crippen LogP contribution < -0.4 is 5.32 Å². The molecule has 3 aromatic rings. The van der Waals surface area contributed by atoms with Crippen molar-refractivity contribution in [1.29, 1.82) is 0 Å². The molecule has 6 nitrogen and oxygen atoms in total. The molecular weight excluding hydrogens is 436 g/mol. The Morgan fingerprint density at radius 3 is 2.30 bits per heavy atom. The predicted molar refractivity (Wildman–Crippen MR) is 132 cm³/mol. The summed E-state index contributed by atoms with van der Waals surface area (Å²) in [5, 5.41) is 3.55. The highest BCUT2D eigenvalue weighted by Gasteiger charge is 2.25. The van der Waals surface area contributed by atoms with Crippen LogP contribution in [0.25, 0.3) is 11.0 Å². The molecule has 1 N–H and O–H groups in total. The number of hydrogen-bond donors (Lipinski definition) is 1. The fraction of sp³-hybridized carbons (Fsp3) is 0.423. The fourth-order valence-corrected chi connectivity index (χ4v) is 5.34. The summed E-state index contributed by atoms with van der Waals surface area (Å²) in [5.41, 5.74) is 2.30. The van der Waals surface area contributed by atoms with E-state index in [1.165, 1.54) is 0 Å². The van der Waals surface area contributed by atoms with Gasteiger partial charge in [0.2, 0.25) is 10.0 Å². The lowest BCUT2D eigenvalue weighted by Crippen LogP contribution is -2.33. The topological polar surface area (TPSA) is 79.6 Å². The summed E-state index contributed by atoms with van der Waals surface area (Å²) in [4.78, 5) is 13.0. The first-order chi connectivity index (χ1) is 15.9. The molecule has 1 heterocycles. The van der Waals surface area contributed by atoms with Crippen LogP contribution in [0.2, 0.25) is 0 Å². The smallest absolute Gasteiger partial charge is 0.287 e. The van der Waals surface area contributed by atoms with Crippen molar-refractivity contribution in [3.05, 3.63) is 65.4 Å².